The van der Waals surface area contributed by atoms with Gasteiger partial charge in [-0.25, -0.2) is 4.98 Å². The summed E-state index contributed by atoms with van der Waals surface area (Å²) in [6.07, 6.45) is 3.87. The fraction of sp³-hybridized carbons (Fsp3) is 0.241. The number of aromatic nitrogens is 1. The summed E-state index contributed by atoms with van der Waals surface area (Å²) in [7, 11) is 1.66. The van der Waals surface area contributed by atoms with E-state index in [9.17, 15) is 4.79 Å². The average molecular weight is 473 g/mol. The maximum atomic E-state index is 13.0. The molecule has 0 spiro atoms. The number of nitrogens with zero attached hydrogens (tertiary/aromatic N) is 1. The first-order chi connectivity index (χ1) is 16.2. The van der Waals surface area contributed by atoms with Crippen LogP contribution in [0.4, 0.5) is 0 Å². The largest absolute Gasteiger partial charge is 0.497 e. The highest BCUT2D eigenvalue weighted by Gasteiger charge is 2.21. The number of thiazole rings is 1. The lowest BCUT2D eigenvalue weighted by molar-refractivity contribution is -0.116. The summed E-state index contributed by atoms with van der Waals surface area (Å²) < 4.78 is 6.43. The molecule has 0 aliphatic carbocycles. The van der Waals surface area contributed by atoms with Crippen molar-refractivity contribution in [3.8, 4) is 5.75 Å². The predicted molar refractivity (Wildman–Crippen MR) is 145 cm³/mol. The van der Waals surface area contributed by atoms with Gasteiger partial charge in [0.2, 0.25) is 0 Å². The number of fused-ring (bicyclic) bond motifs is 1. The fourth-order valence-corrected chi connectivity index (χ4v) is 5.15. The molecule has 0 atom stereocenters. The third-order valence-electron chi connectivity index (χ3n) is 5.71. The van der Waals surface area contributed by atoms with E-state index in [2.05, 4.69) is 50.0 Å². The monoisotopic (exact) mass is 472 g/mol. The molecular weight excluding hydrogens is 440 g/mol. The van der Waals surface area contributed by atoms with Crippen LogP contribution in [0.15, 0.2) is 72.0 Å². The van der Waals surface area contributed by atoms with Crippen LogP contribution in [0.5, 0.6) is 5.75 Å². The summed E-state index contributed by atoms with van der Waals surface area (Å²) in [5, 5.41) is 3.95. The van der Waals surface area contributed by atoms with Crippen molar-refractivity contribution in [2.24, 2.45) is 0 Å². The van der Waals surface area contributed by atoms with Crippen molar-refractivity contribution < 1.29 is 9.53 Å². The molecule has 34 heavy (non-hydrogen) atoms. The lowest BCUT2D eigenvalue weighted by Crippen LogP contribution is -2.24. The summed E-state index contributed by atoms with van der Waals surface area (Å²) in [5.41, 5.74) is 8.35. The highest BCUT2D eigenvalue weighted by molar-refractivity contribution is 7.19. The first kappa shape index (κ1) is 25.2. The van der Waals surface area contributed by atoms with E-state index >= 15 is 0 Å². The summed E-state index contributed by atoms with van der Waals surface area (Å²) in [4.78, 5) is 18.0. The standard InChI is InChI=1S/C29H32N2O2S/c1-9-22(17(3)4)28(32)30-20(7)27(23(10-2)24-13-11-18(5)15-19(24)6)29-31-25-14-12-21(33-8)16-26(25)34-29/h9-16H,3H2,1-2,4-8H3,(H,30,32)/b22-9+,23-10-,27-20-. The van der Waals surface area contributed by atoms with Crippen molar-refractivity contribution in [2.75, 3.05) is 7.11 Å². The number of carbonyl (C=O) groups excluding carboxylic acids is 1. The van der Waals surface area contributed by atoms with Crippen molar-refractivity contribution in [1.29, 1.82) is 0 Å². The van der Waals surface area contributed by atoms with Gasteiger partial charge in [0.1, 0.15) is 10.8 Å². The number of methoxy groups -OCH3 is 1. The number of benzene rings is 2. The second kappa shape index (κ2) is 10.7. The molecule has 1 N–H and O–H groups in total. The molecule has 0 radical (unpaired) electrons. The van der Waals surface area contributed by atoms with Gasteiger partial charge in [-0.1, -0.05) is 42.5 Å². The summed E-state index contributed by atoms with van der Waals surface area (Å²) in [6.45, 7) is 15.8. The number of amides is 1. The lowest BCUT2D eigenvalue weighted by atomic mass is 9.92. The molecule has 3 rings (SSSR count). The summed E-state index contributed by atoms with van der Waals surface area (Å²) >= 11 is 1.58. The molecule has 0 fully saturated rings. The maximum Gasteiger partial charge on any atom is 0.255 e. The number of hydrogen-bond donors (Lipinski definition) is 1. The Morgan fingerprint density at radius 3 is 2.41 bits per heavy atom. The van der Waals surface area contributed by atoms with Crippen LogP contribution in [0, 0.1) is 13.8 Å². The Hall–Kier alpha value is -3.44. The van der Waals surface area contributed by atoms with Crippen LogP contribution in [0.3, 0.4) is 0 Å². The number of hydrogen-bond acceptors (Lipinski definition) is 4. The van der Waals surface area contributed by atoms with E-state index < -0.39 is 0 Å². The molecule has 5 heteroatoms. The first-order valence-electron chi connectivity index (χ1n) is 11.2. The highest BCUT2D eigenvalue weighted by Crippen LogP contribution is 2.39. The van der Waals surface area contributed by atoms with E-state index in [4.69, 9.17) is 9.72 Å². The summed E-state index contributed by atoms with van der Waals surface area (Å²) in [5.74, 6) is 0.613. The number of nitrogens with one attached hydrogen (secondary N) is 1. The Labute approximate surface area is 206 Å². The Balaban J connectivity index is 2.23. The highest BCUT2D eigenvalue weighted by atomic mass is 32.1. The van der Waals surface area contributed by atoms with Gasteiger partial charge in [-0.15, -0.1) is 11.3 Å². The molecule has 2 aromatic carbocycles. The topological polar surface area (TPSA) is 51.2 Å². The second-order valence-electron chi connectivity index (χ2n) is 8.31. The average Bonchev–Trinajstić information content (AvgIpc) is 3.20. The van der Waals surface area contributed by atoms with Crippen LogP contribution in [0.25, 0.3) is 21.4 Å². The molecule has 1 amide bonds. The molecule has 1 heterocycles. The normalized spacial score (nSPS) is 13.0. The van der Waals surface area contributed by atoms with Gasteiger partial charge in [0, 0.05) is 16.8 Å². The Morgan fingerprint density at radius 1 is 1.09 bits per heavy atom. The van der Waals surface area contributed by atoms with Crippen LogP contribution in [0.1, 0.15) is 49.4 Å². The van der Waals surface area contributed by atoms with E-state index in [1.807, 2.05) is 45.9 Å². The van der Waals surface area contributed by atoms with E-state index in [0.29, 0.717) is 5.57 Å². The number of ether oxygens (including phenoxy) is 1. The molecule has 0 saturated heterocycles. The van der Waals surface area contributed by atoms with E-state index in [1.54, 1.807) is 24.5 Å². The molecule has 0 aliphatic heterocycles. The molecule has 0 aliphatic rings. The zero-order valence-corrected chi connectivity index (χ0v) is 21.8. The maximum absolute atomic E-state index is 13.0. The molecule has 176 valence electrons. The third kappa shape index (κ3) is 5.20. The smallest absolute Gasteiger partial charge is 0.255 e. The molecule has 4 nitrogen and oxygen atoms in total. The summed E-state index contributed by atoms with van der Waals surface area (Å²) in [6, 6.07) is 12.3. The SMILES string of the molecule is C=C(C)/C(=C\C)C(=O)N/C(C)=C(/C(=C\C)c1ccc(C)cc1C)c1nc2ccc(OC)cc2s1. The Morgan fingerprint density at radius 2 is 1.82 bits per heavy atom. The predicted octanol–water partition coefficient (Wildman–Crippen LogP) is 7.39. The number of carbonyl (C=O) groups is 1. The van der Waals surface area contributed by atoms with Gasteiger partial charge in [0.15, 0.2) is 0 Å². The first-order valence-corrected chi connectivity index (χ1v) is 12.1. The van der Waals surface area contributed by atoms with Crippen LogP contribution in [-0.4, -0.2) is 18.0 Å². The minimum atomic E-state index is -0.177. The van der Waals surface area contributed by atoms with Gasteiger partial charge < -0.3 is 10.1 Å². The molecule has 1 aromatic heterocycles. The van der Waals surface area contributed by atoms with Crippen molar-refractivity contribution in [3.05, 3.63) is 93.7 Å². The van der Waals surface area contributed by atoms with Gasteiger partial charge in [-0.2, -0.15) is 0 Å². The molecule has 0 unspecified atom stereocenters. The van der Waals surface area contributed by atoms with Crippen molar-refractivity contribution >= 4 is 38.6 Å². The van der Waals surface area contributed by atoms with Crippen LogP contribution in [0.2, 0.25) is 0 Å². The quantitative estimate of drug-likeness (QED) is 0.288. The van der Waals surface area contributed by atoms with E-state index in [0.717, 1.165) is 49.0 Å². The zero-order valence-electron chi connectivity index (χ0n) is 21.0. The van der Waals surface area contributed by atoms with Crippen molar-refractivity contribution in [1.82, 2.24) is 10.3 Å². The molecule has 0 saturated carbocycles. The van der Waals surface area contributed by atoms with Crippen molar-refractivity contribution in [2.45, 2.75) is 41.5 Å². The third-order valence-corrected chi connectivity index (χ3v) is 6.74. The molecule has 0 bridgehead atoms. The lowest BCUT2D eigenvalue weighted by Gasteiger charge is -2.18. The molecular formula is C29H32N2O2S. The van der Waals surface area contributed by atoms with E-state index in [-0.39, 0.29) is 5.91 Å². The van der Waals surface area contributed by atoms with Gasteiger partial charge in [0.05, 0.1) is 17.3 Å². The van der Waals surface area contributed by atoms with Gasteiger partial charge >= 0.3 is 0 Å². The molecule has 3 aromatic rings. The minimum Gasteiger partial charge on any atom is -0.497 e. The fourth-order valence-electron chi connectivity index (χ4n) is 4.04. The second-order valence-corrected chi connectivity index (χ2v) is 9.34. The number of rotatable bonds is 7. The van der Waals surface area contributed by atoms with Crippen LogP contribution in [-0.2, 0) is 4.79 Å². The minimum absolute atomic E-state index is 0.177. The van der Waals surface area contributed by atoms with Crippen LogP contribution < -0.4 is 10.1 Å². The van der Waals surface area contributed by atoms with Crippen LogP contribution >= 0.6 is 11.3 Å². The zero-order chi connectivity index (χ0) is 25.0. The number of aryl methyl sites for hydroxylation is 2. The Bertz CT molecular complexity index is 1360. The number of allylic oxidation sites excluding steroid dienone is 5. The Kier molecular flexibility index (Phi) is 7.90. The van der Waals surface area contributed by atoms with Gasteiger partial charge in [-0.05, 0) is 82.0 Å². The van der Waals surface area contributed by atoms with Gasteiger partial charge in [0.25, 0.3) is 5.91 Å². The van der Waals surface area contributed by atoms with E-state index in [1.165, 1.54) is 11.1 Å². The van der Waals surface area contributed by atoms with Crippen molar-refractivity contribution in [3.63, 3.8) is 0 Å². The van der Waals surface area contributed by atoms with Gasteiger partial charge in [-0.3, -0.25) is 4.79 Å².